The number of aliphatic hydroxyl groups excluding tert-OH is 1. The molecule has 3 fully saturated rings. The molecule has 0 aromatic rings. The van der Waals surface area contributed by atoms with Gasteiger partial charge in [-0.1, -0.05) is 0 Å². The molecule has 0 atom stereocenters. The Morgan fingerprint density at radius 3 is 2.15 bits per heavy atom. The van der Waals surface area contributed by atoms with Crippen molar-refractivity contribution in [3.05, 3.63) is 0 Å². The Kier molecular flexibility index (Phi) is 5.60. The molecule has 0 unspecified atom stereocenters. The smallest absolute Gasteiger partial charge is 0.411 e. The van der Waals surface area contributed by atoms with Crippen molar-refractivity contribution in [2.45, 2.75) is 108 Å². The lowest BCUT2D eigenvalue weighted by molar-refractivity contribution is -0.0168. The molecule has 5 heteroatoms. The van der Waals surface area contributed by atoms with Crippen LogP contribution in [0.2, 0.25) is 0 Å². The average molecular weight is 368 g/mol. The monoisotopic (exact) mass is 367 g/mol. The molecule has 2 saturated heterocycles. The number of ether oxygens (including phenoxy) is 2. The first kappa shape index (κ1) is 19.9. The van der Waals surface area contributed by atoms with Gasteiger partial charge in [0.1, 0.15) is 5.60 Å². The molecule has 2 aliphatic heterocycles. The van der Waals surface area contributed by atoms with E-state index < -0.39 is 11.1 Å². The number of hydrogen-bond donors (Lipinski definition) is 1. The molecule has 2 heterocycles. The van der Waals surface area contributed by atoms with E-state index in [1.54, 1.807) is 0 Å². The van der Waals surface area contributed by atoms with Crippen LogP contribution in [0.3, 0.4) is 0 Å². The lowest BCUT2D eigenvalue weighted by Crippen LogP contribution is -2.54. The zero-order valence-corrected chi connectivity index (χ0v) is 17.1. The van der Waals surface area contributed by atoms with Crippen LogP contribution in [0.5, 0.6) is 0 Å². The van der Waals surface area contributed by atoms with Gasteiger partial charge in [0.2, 0.25) is 0 Å². The molecule has 5 nitrogen and oxygen atoms in total. The first-order valence-electron chi connectivity index (χ1n) is 10.4. The number of nitrogens with zero attached hydrogens (tertiary/aromatic N) is 1. The molecular formula is C21H37NO4. The van der Waals surface area contributed by atoms with Gasteiger partial charge in [0, 0.05) is 12.6 Å². The highest BCUT2D eigenvalue weighted by molar-refractivity contribution is 5.72. The van der Waals surface area contributed by atoms with Gasteiger partial charge < -0.3 is 14.6 Å². The Morgan fingerprint density at radius 1 is 1.08 bits per heavy atom. The van der Waals surface area contributed by atoms with Crippen molar-refractivity contribution in [3.8, 4) is 0 Å². The molecule has 1 saturated carbocycles. The number of rotatable bonds is 5. The van der Waals surface area contributed by atoms with Gasteiger partial charge in [-0.2, -0.15) is 0 Å². The predicted octanol–water partition coefficient (Wildman–Crippen LogP) is 4.27. The van der Waals surface area contributed by atoms with E-state index in [0.717, 1.165) is 57.3 Å². The number of aliphatic hydroxyl groups is 1. The number of fused-ring (bicyclic) bond motifs is 2. The SMILES string of the molecule is CO[C@H]1CC[C@H](CCC23CCC(CO)(CC2)N3C(=O)OC(C)(C)C)CC1. The highest BCUT2D eigenvalue weighted by Gasteiger charge is 2.62. The van der Waals surface area contributed by atoms with Crippen molar-refractivity contribution >= 4 is 6.09 Å². The van der Waals surface area contributed by atoms with E-state index in [9.17, 15) is 9.90 Å². The maximum atomic E-state index is 13.0. The number of carbonyl (C=O) groups excluding carboxylic acids is 1. The van der Waals surface area contributed by atoms with Crippen LogP contribution in [-0.2, 0) is 9.47 Å². The summed E-state index contributed by atoms with van der Waals surface area (Å²) in [7, 11) is 1.81. The lowest BCUT2D eigenvalue weighted by Gasteiger charge is -2.40. The third kappa shape index (κ3) is 3.75. The molecule has 26 heavy (non-hydrogen) atoms. The zero-order chi connectivity index (χ0) is 19.0. The Morgan fingerprint density at radius 2 is 1.65 bits per heavy atom. The van der Waals surface area contributed by atoms with Crippen LogP contribution in [0, 0.1) is 5.92 Å². The fourth-order valence-electron chi connectivity index (χ4n) is 5.55. The largest absolute Gasteiger partial charge is 0.444 e. The van der Waals surface area contributed by atoms with Crippen molar-refractivity contribution in [2.75, 3.05) is 13.7 Å². The van der Waals surface area contributed by atoms with Crippen molar-refractivity contribution in [2.24, 2.45) is 5.92 Å². The third-order valence-corrected chi connectivity index (χ3v) is 7.08. The number of hydrogen-bond acceptors (Lipinski definition) is 4. The van der Waals surface area contributed by atoms with E-state index in [1.807, 2.05) is 32.8 Å². The second kappa shape index (κ2) is 7.31. The Bertz CT molecular complexity index is 497. The fourth-order valence-corrected chi connectivity index (χ4v) is 5.55. The molecule has 0 spiro atoms. The van der Waals surface area contributed by atoms with Crippen LogP contribution < -0.4 is 0 Å². The van der Waals surface area contributed by atoms with E-state index in [4.69, 9.17) is 9.47 Å². The molecule has 3 aliphatic rings. The second-order valence-electron chi connectivity index (χ2n) is 9.84. The molecule has 1 aliphatic carbocycles. The molecule has 0 radical (unpaired) electrons. The summed E-state index contributed by atoms with van der Waals surface area (Å²) in [5, 5.41) is 10.1. The van der Waals surface area contributed by atoms with Crippen LogP contribution in [0.25, 0.3) is 0 Å². The minimum absolute atomic E-state index is 0.0486. The molecule has 2 bridgehead atoms. The minimum atomic E-state index is -0.504. The molecule has 1 N–H and O–H groups in total. The Hall–Kier alpha value is -0.810. The number of carbonyl (C=O) groups is 1. The summed E-state index contributed by atoms with van der Waals surface area (Å²) in [5.41, 5.74) is -1.01. The minimum Gasteiger partial charge on any atom is -0.444 e. The van der Waals surface area contributed by atoms with E-state index in [0.29, 0.717) is 6.10 Å². The van der Waals surface area contributed by atoms with Gasteiger partial charge in [-0.3, -0.25) is 4.90 Å². The topological polar surface area (TPSA) is 59.0 Å². The van der Waals surface area contributed by atoms with Gasteiger partial charge >= 0.3 is 6.09 Å². The van der Waals surface area contributed by atoms with Crippen LogP contribution in [0.15, 0.2) is 0 Å². The van der Waals surface area contributed by atoms with Gasteiger partial charge in [-0.25, -0.2) is 4.79 Å². The van der Waals surface area contributed by atoms with Crippen molar-refractivity contribution in [1.82, 2.24) is 4.90 Å². The maximum absolute atomic E-state index is 13.0. The first-order valence-corrected chi connectivity index (χ1v) is 10.4. The van der Waals surface area contributed by atoms with E-state index in [-0.39, 0.29) is 18.2 Å². The predicted molar refractivity (Wildman–Crippen MR) is 101 cm³/mol. The third-order valence-electron chi connectivity index (χ3n) is 7.08. The number of methoxy groups -OCH3 is 1. The van der Waals surface area contributed by atoms with Gasteiger partial charge in [-0.15, -0.1) is 0 Å². The van der Waals surface area contributed by atoms with Gasteiger partial charge in [0.25, 0.3) is 0 Å². The van der Waals surface area contributed by atoms with Gasteiger partial charge in [0.05, 0.1) is 18.2 Å². The van der Waals surface area contributed by atoms with Gasteiger partial charge in [-0.05, 0) is 90.9 Å². The average Bonchev–Trinajstić information content (AvgIpc) is 3.10. The molecule has 0 aromatic carbocycles. The normalized spacial score (nSPS) is 37.2. The van der Waals surface area contributed by atoms with Gasteiger partial charge in [0.15, 0.2) is 0 Å². The molecule has 3 rings (SSSR count). The zero-order valence-electron chi connectivity index (χ0n) is 17.1. The van der Waals surface area contributed by atoms with Crippen molar-refractivity contribution in [3.63, 3.8) is 0 Å². The maximum Gasteiger partial charge on any atom is 0.411 e. The summed E-state index contributed by atoms with van der Waals surface area (Å²) in [6.45, 7) is 5.78. The summed E-state index contributed by atoms with van der Waals surface area (Å²) in [6, 6.07) is 0. The fraction of sp³-hybridized carbons (Fsp3) is 0.952. The Labute approximate surface area is 158 Å². The quantitative estimate of drug-likeness (QED) is 0.788. The van der Waals surface area contributed by atoms with E-state index in [1.165, 1.54) is 12.8 Å². The molecule has 0 aromatic heterocycles. The van der Waals surface area contributed by atoms with E-state index in [2.05, 4.69) is 0 Å². The van der Waals surface area contributed by atoms with Crippen LogP contribution in [0.4, 0.5) is 4.79 Å². The highest BCUT2D eigenvalue weighted by atomic mass is 16.6. The second-order valence-corrected chi connectivity index (χ2v) is 9.84. The highest BCUT2D eigenvalue weighted by Crippen LogP contribution is 2.56. The first-order chi connectivity index (χ1) is 12.2. The summed E-state index contributed by atoms with van der Waals surface area (Å²) >= 11 is 0. The van der Waals surface area contributed by atoms with Crippen molar-refractivity contribution < 1.29 is 19.4 Å². The molecule has 150 valence electrons. The van der Waals surface area contributed by atoms with Crippen LogP contribution >= 0.6 is 0 Å². The summed E-state index contributed by atoms with van der Waals surface area (Å²) < 4.78 is 11.2. The summed E-state index contributed by atoms with van der Waals surface area (Å²) in [4.78, 5) is 15.0. The summed E-state index contributed by atoms with van der Waals surface area (Å²) in [5.74, 6) is 0.737. The molecule has 1 amide bonds. The summed E-state index contributed by atoms with van der Waals surface area (Å²) in [6.07, 6.45) is 11.0. The Balaban J connectivity index is 1.67. The van der Waals surface area contributed by atoms with E-state index >= 15 is 0 Å². The standard InChI is InChI=1S/C21H37NO4/c1-19(2,3)26-18(24)22-20(11-13-21(22,15-23)14-12-20)10-9-16-5-7-17(25-4)8-6-16/h16-17,23H,5-15H2,1-4H3/t16-,17-,20?,21?. The van der Waals surface area contributed by atoms with Crippen LogP contribution in [0.1, 0.15) is 85.0 Å². The number of amides is 1. The lowest BCUT2D eigenvalue weighted by atomic mass is 9.76. The van der Waals surface area contributed by atoms with Crippen molar-refractivity contribution in [1.29, 1.82) is 0 Å². The molecular weight excluding hydrogens is 330 g/mol. The van der Waals surface area contributed by atoms with Crippen LogP contribution in [-0.4, -0.2) is 52.6 Å².